The van der Waals surface area contributed by atoms with Crippen molar-refractivity contribution in [3.8, 4) is 0 Å². The van der Waals surface area contributed by atoms with Crippen molar-refractivity contribution in [2.24, 2.45) is 5.92 Å². The Labute approximate surface area is 156 Å². The molecule has 1 heterocycles. The van der Waals surface area contributed by atoms with Crippen molar-refractivity contribution in [2.45, 2.75) is 51.6 Å². The van der Waals surface area contributed by atoms with Crippen molar-refractivity contribution in [3.63, 3.8) is 0 Å². The van der Waals surface area contributed by atoms with Crippen LogP contribution in [0.2, 0.25) is 5.02 Å². The van der Waals surface area contributed by atoms with Gasteiger partial charge in [-0.1, -0.05) is 43.5 Å². The number of amides is 1. The molecule has 1 saturated heterocycles. The van der Waals surface area contributed by atoms with Gasteiger partial charge >= 0.3 is 0 Å². The average Bonchev–Trinajstić information content (AvgIpc) is 2.63. The maximum Gasteiger partial charge on any atom is 0.237 e. The molecule has 2 aliphatic rings. The van der Waals surface area contributed by atoms with Gasteiger partial charge in [-0.3, -0.25) is 9.69 Å². The van der Waals surface area contributed by atoms with Crippen LogP contribution in [0, 0.1) is 5.92 Å². The molecule has 138 valence electrons. The zero-order valence-corrected chi connectivity index (χ0v) is 16.1. The Hall–Kier alpha value is -1.26. The molecule has 0 spiro atoms. The van der Waals surface area contributed by atoms with E-state index in [0.29, 0.717) is 12.0 Å². The molecule has 1 aromatic rings. The zero-order valence-electron chi connectivity index (χ0n) is 15.4. The van der Waals surface area contributed by atoms with Gasteiger partial charge in [-0.15, -0.1) is 0 Å². The van der Waals surface area contributed by atoms with E-state index >= 15 is 0 Å². The van der Waals surface area contributed by atoms with Gasteiger partial charge < -0.3 is 10.2 Å². The number of para-hydroxylation sites is 1. The summed E-state index contributed by atoms with van der Waals surface area (Å²) in [5.74, 6) is 0.784. The zero-order chi connectivity index (χ0) is 17.8. The summed E-state index contributed by atoms with van der Waals surface area (Å²) in [6.45, 7) is 7.88. The van der Waals surface area contributed by atoms with E-state index in [4.69, 9.17) is 11.6 Å². The summed E-state index contributed by atoms with van der Waals surface area (Å²) in [5, 5.41) is 4.10. The fourth-order valence-electron chi connectivity index (χ4n) is 4.06. The number of nitrogens with zero attached hydrogens (tertiary/aromatic N) is 2. The highest BCUT2D eigenvalue weighted by atomic mass is 35.5. The van der Waals surface area contributed by atoms with Crippen molar-refractivity contribution < 1.29 is 4.79 Å². The van der Waals surface area contributed by atoms with Crippen LogP contribution in [-0.2, 0) is 4.79 Å². The van der Waals surface area contributed by atoms with Crippen LogP contribution in [0.15, 0.2) is 24.3 Å². The molecule has 0 unspecified atom stereocenters. The Morgan fingerprint density at radius 2 is 1.84 bits per heavy atom. The molecule has 1 saturated carbocycles. The van der Waals surface area contributed by atoms with E-state index in [1.807, 2.05) is 25.1 Å². The van der Waals surface area contributed by atoms with Crippen molar-refractivity contribution >= 4 is 23.2 Å². The molecule has 0 aromatic heterocycles. The predicted octanol–water partition coefficient (Wildman–Crippen LogP) is 3.55. The summed E-state index contributed by atoms with van der Waals surface area (Å²) in [6, 6.07) is 8.27. The Bertz CT molecular complexity index is 586. The minimum absolute atomic E-state index is 0.0671. The second-order valence-corrected chi connectivity index (χ2v) is 7.93. The monoisotopic (exact) mass is 363 g/mol. The first-order valence-electron chi connectivity index (χ1n) is 9.60. The molecule has 3 rings (SSSR count). The summed E-state index contributed by atoms with van der Waals surface area (Å²) >= 11 is 6.31. The fourth-order valence-corrected chi connectivity index (χ4v) is 4.31. The first kappa shape index (κ1) is 18.5. The van der Waals surface area contributed by atoms with Crippen molar-refractivity contribution in [3.05, 3.63) is 29.3 Å². The third-order valence-corrected chi connectivity index (χ3v) is 6.19. The van der Waals surface area contributed by atoms with E-state index in [9.17, 15) is 4.79 Å². The second kappa shape index (κ2) is 8.41. The van der Waals surface area contributed by atoms with Crippen molar-refractivity contribution in [2.75, 3.05) is 31.1 Å². The molecule has 0 radical (unpaired) electrons. The number of nitrogens with one attached hydrogen (secondary N) is 1. The first-order valence-corrected chi connectivity index (χ1v) is 9.98. The Balaban J connectivity index is 1.51. The normalized spacial score (nSPS) is 26.3. The maximum atomic E-state index is 12.7. The minimum atomic E-state index is -0.0671. The van der Waals surface area contributed by atoms with Crippen LogP contribution in [-0.4, -0.2) is 49.1 Å². The van der Waals surface area contributed by atoms with E-state index in [0.717, 1.165) is 43.3 Å². The number of anilines is 1. The fraction of sp³-hybridized carbons (Fsp3) is 0.650. The van der Waals surface area contributed by atoms with Gasteiger partial charge in [0.25, 0.3) is 0 Å². The highest BCUT2D eigenvalue weighted by Crippen LogP contribution is 2.27. The molecule has 0 bridgehead atoms. The highest BCUT2D eigenvalue weighted by molar-refractivity contribution is 6.33. The molecule has 25 heavy (non-hydrogen) atoms. The van der Waals surface area contributed by atoms with Gasteiger partial charge in [0.15, 0.2) is 0 Å². The number of halogens is 1. The van der Waals surface area contributed by atoms with Crippen LogP contribution in [0.25, 0.3) is 0 Å². The number of rotatable bonds is 4. The Kier molecular flexibility index (Phi) is 6.24. The molecular weight excluding hydrogens is 334 g/mol. The summed E-state index contributed by atoms with van der Waals surface area (Å²) < 4.78 is 0. The van der Waals surface area contributed by atoms with E-state index < -0.39 is 0 Å². The van der Waals surface area contributed by atoms with Gasteiger partial charge in [0.1, 0.15) is 0 Å². The largest absolute Gasteiger partial charge is 0.368 e. The van der Waals surface area contributed by atoms with Crippen LogP contribution in [0.5, 0.6) is 0 Å². The number of piperazine rings is 1. The third kappa shape index (κ3) is 4.48. The summed E-state index contributed by atoms with van der Waals surface area (Å²) in [5.41, 5.74) is 1.09. The molecular formula is C20H30ClN3O. The first-order chi connectivity index (χ1) is 12.1. The minimum Gasteiger partial charge on any atom is -0.368 e. The van der Waals surface area contributed by atoms with Gasteiger partial charge in [-0.25, -0.2) is 0 Å². The van der Waals surface area contributed by atoms with Crippen LogP contribution in [0.1, 0.15) is 39.5 Å². The third-order valence-electron chi connectivity index (χ3n) is 5.87. The van der Waals surface area contributed by atoms with Crippen molar-refractivity contribution in [1.29, 1.82) is 0 Å². The lowest BCUT2D eigenvalue weighted by Crippen LogP contribution is -2.55. The van der Waals surface area contributed by atoms with Gasteiger partial charge in [-0.05, 0) is 37.8 Å². The van der Waals surface area contributed by atoms with Crippen LogP contribution >= 0.6 is 11.6 Å². The van der Waals surface area contributed by atoms with E-state index in [-0.39, 0.29) is 11.9 Å². The van der Waals surface area contributed by atoms with Gasteiger partial charge in [-0.2, -0.15) is 0 Å². The number of carbonyl (C=O) groups is 1. The molecule has 3 atom stereocenters. The molecule has 1 aliphatic heterocycles. The molecule has 2 fully saturated rings. The molecule has 1 N–H and O–H groups in total. The lowest BCUT2D eigenvalue weighted by atomic mass is 9.86. The summed E-state index contributed by atoms with van der Waals surface area (Å²) in [6.07, 6.45) is 4.89. The molecule has 1 amide bonds. The maximum absolute atomic E-state index is 12.7. The van der Waals surface area contributed by atoms with Crippen LogP contribution < -0.4 is 10.2 Å². The van der Waals surface area contributed by atoms with E-state index in [2.05, 4.69) is 28.1 Å². The number of hydrogen-bond donors (Lipinski definition) is 1. The van der Waals surface area contributed by atoms with Gasteiger partial charge in [0, 0.05) is 32.2 Å². The molecule has 1 aromatic carbocycles. The van der Waals surface area contributed by atoms with E-state index in [1.165, 1.54) is 19.3 Å². The average molecular weight is 364 g/mol. The quantitative estimate of drug-likeness (QED) is 0.888. The Morgan fingerprint density at radius 3 is 2.52 bits per heavy atom. The summed E-state index contributed by atoms with van der Waals surface area (Å²) in [7, 11) is 0. The second-order valence-electron chi connectivity index (χ2n) is 7.53. The van der Waals surface area contributed by atoms with Gasteiger partial charge in [0.05, 0.1) is 16.8 Å². The molecule has 1 aliphatic carbocycles. The lowest BCUT2D eigenvalue weighted by Gasteiger charge is -2.39. The highest BCUT2D eigenvalue weighted by Gasteiger charge is 2.29. The number of carbonyl (C=O) groups excluding carboxylic acids is 1. The standard InChI is InChI=1S/C20H30ClN3O/c1-15-7-3-5-9-18(15)22-20(25)16(2)23-11-13-24(14-12-23)19-10-6-4-8-17(19)21/h4,6,8,10,15-16,18H,3,5,7,9,11-14H2,1-2H3,(H,22,25)/t15-,16+,18+/m0/s1. The van der Waals surface area contributed by atoms with Crippen molar-refractivity contribution in [1.82, 2.24) is 10.2 Å². The topological polar surface area (TPSA) is 35.6 Å². The van der Waals surface area contributed by atoms with E-state index in [1.54, 1.807) is 0 Å². The van der Waals surface area contributed by atoms with Crippen LogP contribution in [0.4, 0.5) is 5.69 Å². The SMILES string of the molecule is C[C@H](C(=O)N[C@@H]1CCCC[C@@H]1C)N1CCN(c2ccccc2Cl)CC1. The van der Waals surface area contributed by atoms with Gasteiger partial charge in [0.2, 0.25) is 5.91 Å². The molecule has 4 nitrogen and oxygen atoms in total. The lowest BCUT2D eigenvalue weighted by molar-refractivity contribution is -0.127. The smallest absolute Gasteiger partial charge is 0.237 e. The summed E-state index contributed by atoms with van der Waals surface area (Å²) in [4.78, 5) is 17.3. The predicted molar refractivity (Wildman–Crippen MR) is 104 cm³/mol. The Morgan fingerprint density at radius 1 is 1.16 bits per heavy atom. The molecule has 5 heteroatoms. The number of hydrogen-bond acceptors (Lipinski definition) is 3. The number of benzene rings is 1. The van der Waals surface area contributed by atoms with Crippen LogP contribution in [0.3, 0.4) is 0 Å².